The van der Waals surface area contributed by atoms with Crippen LogP contribution in [0.4, 0.5) is 5.82 Å². The Morgan fingerprint density at radius 3 is 2.59 bits per heavy atom. The number of hydrogen-bond acceptors (Lipinski definition) is 4. The zero-order chi connectivity index (χ0) is 12.5. The number of anilines is 1. The fraction of sp³-hybridized carbons (Fsp3) is 0.583. The number of nitrogens with zero attached hydrogens (tertiary/aromatic N) is 2. The van der Waals surface area contributed by atoms with Gasteiger partial charge in [0.1, 0.15) is 5.82 Å². The van der Waals surface area contributed by atoms with Crippen LogP contribution in [-0.2, 0) is 0 Å². The van der Waals surface area contributed by atoms with Gasteiger partial charge in [-0.25, -0.2) is 14.8 Å². The number of rotatable bonds is 5. The summed E-state index contributed by atoms with van der Waals surface area (Å²) in [7, 11) is 0. The SMILES string of the molecule is CC(C)C1(CNc2cnc(C(=O)O)cn2)CC1. The second-order valence-electron chi connectivity index (χ2n) is 4.96. The number of aromatic carboxylic acids is 1. The molecular formula is C12H17N3O2. The van der Waals surface area contributed by atoms with Crippen LogP contribution < -0.4 is 5.32 Å². The van der Waals surface area contributed by atoms with Gasteiger partial charge in [0, 0.05) is 6.54 Å². The van der Waals surface area contributed by atoms with Crippen molar-refractivity contribution < 1.29 is 9.90 Å². The third-order valence-corrected chi connectivity index (χ3v) is 3.61. The molecule has 0 bridgehead atoms. The van der Waals surface area contributed by atoms with Crippen molar-refractivity contribution in [1.29, 1.82) is 0 Å². The Kier molecular flexibility index (Phi) is 3.00. The largest absolute Gasteiger partial charge is 0.476 e. The number of aromatic nitrogens is 2. The average molecular weight is 235 g/mol. The highest BCUT2D eigenvalue weighted by Crippen LogP contribution is 2.51. The highest BCUT2D eigenvalue weighted by molar-refractivity contribution is 5.84. The molecule has 92 valence electrons. The van der Waals surface area contributed by atoms with Crippen molar-refractivity contribution in [2.75, 3.05) is 11.9 Å². The van der Waals surface area contributed by atoms with Crippen molar-refractivity contribution in [3.63, 3.8) is 0 Å². The fourth-order valence-corrected chi connectivity index (χ4v) is 1.92. The van der Waals surface area contributed by atoms with Gasteiger partial charge in [-0.3, -0.25) is 0 Å². The molecule has 0 aromatic carbocycles. The van der Waals surface area contributed by atoms with Crippen molar-refractivity contribution in [2.24, 2.45) is 11.3 Å². The Morgan fingerprint density at radius 2 is 2.18 bits per heavy atom. The number of carboxylic acids is 1. The lowest BCUT2D eigenvalue weighted by atomic mass is 9.92. The number of hydrogen-bond donors (Lipinski definition) is 2. The van der Waals surface area contributed by atoms with Gasteiger partial charge in [-0.1, -0.05) is 13.8 Å². The molecule has 0 spiro atoms. The summed E-state index contributed by atoms with van der Waals surface area (Å²) in [5.41, 5.74) is 0.369. The molecule has 2 N–H and O–H groups in total. The van der Waals surface area contributed by atoms with Gasteiger partial charge in [-0.15, -0.1) is 0 Å². The molecule has 5 heteroatoms. The van der Waals surface area contributed by atoms with E-state index in [0.717, 1.165) is 6.54 Å². The van der Waals surface area contributed by atoms with Crippen molar-refractivity contribution in [3.05, 3.63) is 18.1 Å². The fourth-order valence-electron chi connectivity index (χ4n) is 1.92. The summed E-state index contributed by atoms with van der Waals surface area (Å²) >= 11 is 0. The zero-order valence-electron chi connectivity index (χ0n) is 10.1. The van der Waals surface area contributed by atoms with Gasteiger partial charge in [0.2, 0.25) is 0 Å². The van der Waals surface area contributed by atoms with E-state index >= 15 is 0 Å². The van der Waals surface area contributed by atoms with Gasteiger partial charge >= 0.3 is 5.97 Å². The molecule has 0 saturated heterocycles. The van der Waals surface area contributed by atoms with Gasteiger partial charge in [-0.2, -0.15) is 0 Å². The molecular weight excluding hydrogens is 218 g/mol. The maximum absolute atomic E-state index is 10.6. The molecule has 0 radical (unpaired) electrons. The van der Waals surface area contributed by atoms with Crippen molar-refractivity contribution in [3.8, 4) is 0 Å². The van der Waals surface area contributed by atoms with Crippen LogP contribution in [0.5, 0.6) is 0 Å². The molecule has 5 nitrogen and oxygen atoms in total. The average Bonchev–Trinajstić information content (AvgIpc) is 3.08. The molecule has 1 fully saturated rings. The molecule has 0 amide bonds. The first kappa shape index (κ1) is 11.8. The summed E-state index contributed by atoms with van der Waals surface area (Å²) in [5, 5.41) is 11.9. The topological polar surface area (TPSA) is 75.1 Å². The van der Waals surface area contributed by atoms with E-state index in [1.165, 1.54) is 25.2 Å². The molecule has 1 aliphatic rings. The number of carboxylic acid groups (broad SMARTS) is 1. The van der Waals surface area contributed by atoms with Crippen LogP contribution in [0.15, 0.2) is 12.4 Å². The first-order chi connectivity index (χ1) is 8.03. The van der Waals surface area contributed by atoms with Crippen molar-refractivity contribution >= 4 is 11.8 Å². The number of nitrogens with one attached hydrogen (secondary N) is 1. The summed E-state index contributed by atoms with van der Waals surface area (Å²) in [6.45, 7) is 5.34. The minimum absolute atomic E-state index is 0.0273. The quantitative estimate of drug-likeness (QED) is 0.816. The van der Waals surface area contributed by atoms with E-state index in [4.69, 9.17) is 5.11 Å². The Hall–Kier alpha value is -1.65. The van der Waals surface area contributed by atoms with E-state index in [9.17, 15) is 4.79 Å². The monoisotopic (exact) mass is 235 g/mol. The maximum Gasteiger partial charge on any atom is 0.356 e. The van der Waals surface area contributed by atoms with E-state index in [1.54, 1.807) is 0 Å². The van der Waals surface area contributed by atoms with E-state index in [1.807, 2.05) is 0 Å². The summed E-state index contributed by atoms with van der Waals surface area (Å²) in [4.78, 5) is 18.5. The molecule has 2 rings (SSSR count). The van der Waals surface area contributed by atoms with Gasteiger partial charge in [0.15, 0.2) is 5.69 Å². The maximum atomic E-state index is 10.6. The second-order valence-corrected chi connectivity index (χ2v) is 4.96. The summed E-state index contributed by atoms with van der Waals surface area (Å²) < 4.78 is 0. The summed E-state index contributed by atoms with van der Waals surface area (Å²) in [5.74, 6) is 0.244. The zero-order valence-corrected chi connectivity index (χ0v) is 10.1. The van der Waals surface area contributed by atoms with Crippen LogP contribution in [0.1, 0.15) is 37.2 Å². The highest BCUT2D eigenvalue weighted by Gasteiger charge is 2.44. The van der Waals surface area contributed by atoms with Crippen LogP contribution in [0.3, 0.4) is 0 Å². The molecule has 1 heterocycles. The Morgan fingerprint density at radius 1 is 1.47 bits per heavy atom. The smallest absolute Gasteiger partial charge is 0.356 e. The van der Waals surface area contributed by atoms with E-state index < -0.39 is 5.97 Å². The molecule has 17 heavy (non-hydrogen) atoms. The first-order valence-corrected chi connectivity index (χ1v) is 5.83. The van der Waals surface area contributed by atoms with Crippen LogP contribution in [-0.4, -0.2) is 27.6 Å². The normalized spacial score (nSPS) is 16.9. The Labute approximate surface area is 100 Å². The van der Waals surface area contributed by atoms with Gasteiger partial charge in [0.05, 0.1) is 12.4 Å². The molecule has 0 aliphatic heterocycles. The predicted octanol–water partition coefficient (Wildman–Crippen LogP) is 2.02. The molecule has 0 atom stereocenters. The Bertz CT molecular complexity index is 410. The van der Waals surface area contributed by atoms with E-state index in [-0.39, 0.29) is 5.69 Å². The highest BCUT2D eigenvalue weighted by atomic mass is 16.4. The Balaban J connectivity index is 1.94. The molecule has 1 aromatic heterocycles. The minimum atomic E-state index is -1.05. The van der Waals surface area contributed by atoms with E-state index in [0.29, 0.717) is 17.2 Å². The second kappa shape index (κ2) is 4.31. The third kappa shape index (κ3) is 2.54. The van der Waals surface area contributed by atoms with Crippen LogP contribution in [0.25, 0.3) is 0 Å². The lowest BCUT2D eigenvalue weighted by Crippen LogP contribution is -2.21. The molecule has 1 aliphatic carbocycles. The van der Waals surface area contributed by atoms with E-state index in [2.05, 4.69) is 29.1 Å². The van der Waals surface area contributed by atoms with Gasteiger partial charge < -0.3 is 10.4 Å². The van der Waals surface area contributed by atoms with Crippen molar-refractivity contribution in [2.45, 2.75) is 26.7 Å². The molecule has 1 aromatic rings. The standard InChI is InChI=1S/C12H17N3O2/c1-8(2)12(3-4-12)7-15-10-6-13-9(5-14-10)11(16)17/h5-6,8H,3-4,7H2,1-2H3,(H,14,15)(H,16,17). The molecule has 1 saturated carbocycles. The molecule has 0 unspecified atom stereocenters. The van der Waals surface area contributed by atoms with Crippen LogP contribution >= 0.6 is 0 Å². The minimum Gasteiger partial charge on any atom is -0.476 e. The van der Waals surface area contributed by atoms with Gasteiger partial charge in [0.25, 0.3) is 0 Å². The summed E-state index contributed by atoms with van der Waals surface area (Å²) in [6, 6.07) is 0. The van der Waals surface area contributed by atoms with Crippen LogP contribution in [0.2, 0.25) is 0 Å². The first-order valence-electron chi connectivity index (χ1n) is 5.83. The number of carbonyl (C=O) groups is 1. The summed E-state index contributed by atoms with van der Waals surface area (Å²) in [6.07, 6.45) is 5.25. The predicted molar refractivity (Wildman–Crippen MR) is 64.0 cm³/mol. The van der Waals surface area contributed by atoms with Crippen molar-refractivity contribution in [1.82, 2.24) is 9.97 Å². The third-order valence-electron chi connectivity index (χ3n) is 3.61. The lowest BCUT2D eigenvalue weighted by Gasteiger charge is -2.20. The lowest BCUT2D eigenvalue weighted by molar-refractivity contribution is 0.0690. The van der Waals surface area contributed by atoms with Crippen LogP contribution in [0, 0.1) is 11.3 Å². The van der Waals surface area contributed by atoms with Gasteiger partial charge in [-0.05, 0) is 24.2 Å².